The maximum Gasteiger partial charge on any atom is 0.305 e. The van der Waals surface area contributed by atoms with E-state index >= 15 is 0 Å². The lowest BCUT2D eigenvalue weighted by Crippen LogP contribution is -2.61. The lowest BCUT2D eigenvalue weighted by atomic mass is 9.98. The fourth-order valence-corrected chi connectivity index (χ4v) is 4.55. The Balaban J connectivity index is 1.86. The number of rotatable bonds is 19. The predicted molar refractivity (Wildman–Crippen MR) is 141 cm³/mol. The van der Waals surface area contributed by atoms with Crippen molar-refractivity contribution >= 4 is 5.97 Å². The molecule has 2 saturated heterocycles. The summed E-state index contributed by atoms with van der Waals surface area (Å²) >= 11 is 0. The van der Waals surface area contributed by atoms with Crippen LogP contribution in [0, 0.1) is 0 Å². The SMILES string of the molecule is CCCCCCCCCOCC(COC1OC(COC2OC(CO)C(O)C(O)C2O)C(O)C(O)C1O)OC(=O)CC. The lowest BCUT2D eigenvalue weighted by Gasteiger charge is -2.42. The van der Waals surface area contributed by atoms with Crippen LogP contribution in [0.1, 0.15) is 65.2 Å². The van der Waals surface area contributed by atoms with Gasteiger partial charge < -0.3 is 64.2 Å². The maximum atomic E-state index is 11.9. The molecule has 2 aliphatic heterocycles. The molecule has 11 unspecified atom stereocenters. The molecule has 0 bridgehead atoms. The van der Waals surface area contributed by atoms with E-state index in [1.807, 2.05) is 0 Å². The number of aliphatic hydroxyl groups excluding tert-OH is 7. The van der Waals surface area contributed by atoms with E-state index in [0.29, 0.717) is 6.61 Å². The smallest absolute Gasteiger partial charge is 0.305 e. The molecular weight excluding hydrogens is 548 g/mol. The molecule has 0 aromatic heterocycles. The zero-order chi connectivity index (χ0) is 30.4. The number of ether oxygens (including phenoxy) is 6. The Bertz CT molecular complexity index is 712. The van der Waals surface area contributed by atoms with Gasteiger partial charge in [0.25, 0.3) is 0 Å². The van der Waals surface area contributed by atoms with E-state index in [4.69, 9.17) is 28.4 Å². The number of carbonyl (C=O) groups is 1. The zero-order valence-corrected chi connectivity index (χ0v) is 24.0. The fraction of sp³-hybridized carbons (Fsp3) is 0.963. The van der Waals surface area contributed by atoms with Crippen LogP contribution in [0.15, 0.2) is 0 Å². The summed E-state index contributed by atoms with van der Waals surface area (Å²) in [5.41, 5.74) is 0. The molecule has 0 amide bonds. The first-order chi connectivity index (χ1) is 19.6. The highest BCUT2D eigenvalue weighted by atomic mass is 16.7. The van der Waals surface area contributed by atoms with Crippen LogP contribution in [0.3, 0.4) is 0 Å². The van der Waals surface area contributed by atoms with Gasteiger partial charge in [0.1, 0.15) is 54.9 Å². The van der Waals surface area contributed by atoms with E-state index in [2.05, 4.69) is 6.92 Å². The van der Waals surface area contributed by atoms with Crippen molar-refractivity contribution in [1.82, 2.24) is 0 Å². The quantitative estimate of drug-likeness (QED) is 0.0681. The molecule has 2 aliphatic rings. The lowest BCUT2D eigenvalue weighted by molar-refractivity contribution is -0.332. The number of hydrogen-bond acceptors (Lipinski definition) is 14. The largest absolute Gasteiger partial charge is 0.457 e. The normalized spacial score (nSPS) is 34.9. The van der Waals surface area contributed by atoms with Crippen LogP contribution >= 0.6 is 0 Å². The second kappa shape index (κ2) is 19.3. The highest BCUT2D eigenvalue weighted by molar-refractivity contribution is 5.69. The molecule has 242 valence electrons. The molecule has 0 radical (unpaired) electrons. The molecule has 0 spiro atoms. The van der Waals surface area contributed by atoms with Crippen LogP contribution in [0.2, 0.25) is 0 Å². The van der Waals surface area contributed by atoms with Crippen LogP contribution in [0.25, 0.3) is 0 Å². The second-order valence-electron chi connectivity index (χ2n) is 10.5. The van der Waals surface area contributed by atoms with Gasteiger partial charge in [0.05, 0.1) is 26.4 Å². The van der Waals surface area contributed by atoms with Crippen LogP contribution < -0.4 is 0 Å². The third kappa shape index (κ3) is 11.5. The predicted octanol–water partition coefficient (Wildman–Crippen LogP) is -1.28. The van der Waals surface area contributed by atoms with Crippen molar-refractivity contribution in [3.8, 4) is 0 Å². The standard InChI is InChI=1S/C27H50O14/c1-3-5-6-7-8-9-10-11-36-13-16(39-19(29)4-2)14-37-26-25(35)23(33)21(31)18(41-26)15-38-27-24(34)22(32)20(30)17(12-28)40-27/h16-18,20-28,30-35H,3-15H2,1-2H3. The third-order valence-electron chi connectivity index (χ3n) is 7.17. The van der Waals surface area contributed by atoms with Gasteiger partial charge in [0.2, 0.25) is 0 Å². The molecular formula is C27H50O14. The van der Waals surface area contributed by atoms with Crippen molar-refractivity contribution < 1.29 is 69.0 Å². The van der Waals surface area contributed by atoms with Gasteiger partial charge in [0.15, 0.2) is 12.6 Å². The van der Waals surface area contributed by atoms with Crippen molar-refractivity contribution in [3.05, 3.63) is 0 Å². The van der Waals surface area contributed by atoms with E-state index < -0.39 is 86.7 Å². The van der Waals surface area contributed by atoms with Crippen LogP contribution in [-0.4, -0.2) is 142 Å². The Morgan fingerprint density at radius 1 is 0.707 bits per heavy atom. The summed E-state index contributed by atoms with van der Waals surface area (Å²) in [5, 5.41) is 70.5. The Kier molecular flexibility index (Phi) is 17.0. The minimum Gasteiger partial charge on any atom is -0.457 e. The average molecular weight is 599 g/mol. The molecule has 41 heavy (non-hydrogen) atoms. The van der Waals surface area contributed by atoms with Gasteiger partial charge in [0, 0.05) is 13.0 Å². The summed E-state index contributed by atoms with van der Waals surface area (Å²) in [6, 6.07) is 0. The van der Waals surface area contributed by atoms with Gasteiger partial charge in [-0.3, -0.25) is 4.79 Å². The van der Waals surface area contributed by atoms with Crippen LogP contribution in [-0.2, 0) is 33.2 Å². The Morgan fingerprint density at radius 3 is 1.88 bits per heavy atom. The maximum absolute atomic E-state index is 11.9. The molecule has 2 fully saturated rings. The molecule has 0 aliphatic carbocycles. The minimum atomic E-state index is -1.69. The Hall–Kier alpha value is -1.01. The molecule has 0 saturated carbocycles. The van der Waals surface area contributed by atoms with Crippen molar-refractivity contribution in [1.29, 1.82) is 0 Å². The van der Waals surface area contributed by atoms with Gasteiger partial charge >= 0.3 is 5.97 Å². The Labute approximate surface area is 241 Å². The number of aliphatic hydroxyl groups is 7. The van der Waals surface area contributed by atoms with E-state index in [-0.39, 0.29) is 19.6 Å². The highest BCUT2D eigenvalue weighted by Crippen LogP contribution is 2.26. The van der Waals surface area contributed by atoms with E-state index in [9.17, 15) is 40.5 Å². The molecule has 2 heterocycles. The van der Waals surface area contributed by atoms with Crippen molar-refractivity contribution in [2.75, 3.05) is 33.0 Å². The third-order valence-corrected chi connectivity index (χ3v) is 7.17. The monoisotopic (exact) mass is 598 g/mol. The number of unbranched alkanes of at least 4 members (excludes halogenated alkanes) is 6. The molecule has 0 aromatic rings. The first kappa shape index (κ1) is 36.2. The molecule has 2 rings (SSSR count). The summed E-state index contributed by atoms with van der Waals surface area (Å²) in [6.45, 7) is 2.99. The van der Waals surface area contributed by atoms with Crippen LogP contribution in [0.5, 0.6) is 0 Å². The molecule has 0 aromatic carbocycles. The zero-order valence-electron chi connectivity index (χ0n) is 24.0. The first-order valence-electron chi connectivity index (χ1n) is 14.6. The number of hydrogen-bond donors (Lipinski definition) is 7. The highest BCUT2D eigenvalue weighted by Gasteiger charge is 2.47. The summed E-state index contributed by atoms with van der Waals surface area (Å²) in [5.74, 6) is -0.468. The van der Waals surface area contributed by atoms with Gasteiger partial charge in [-0.1, -0.05) is 52.4 Å². The summed E-state index contributed by atoms with van der Waals surface area (Å²) in [4.78, 5) is 11.9. The van der Waals surface area contributed by atoms with Gasteiger partial charge in [-0.2, -0.15) is 0 Å². The molecule has 14 heteroatoms. The minimum absolute atomic E-state index is 0.0548. The van der Waals surface area contributed by atoms with Crippen molar-refractivity contribution in [2.45, 2.75) is 133 Å². The molecule has 14 nitrogen and oxygen atoms in total. The van der Waals surface area contributed by atoms with Gasteiger partial charge in [-0.15, -0.1) is 0 Å². The van der Waals surface area contributed by atoms with Crippen molar-refractivity contribution in [3.63, 3.8) is 0 Å². The van der Waals surface area contributed by atoms with E-state index in [1.165, 1.54) is 25.7 Å². The van der Waals surface area contributed by atoms with Crippen LogP contribution in [0.4, 0.5) is 0 Å². The first-order valence-corrected chi connectivity index (χ1v) is 14.6. The van der Waals surface area contributed by atoms with Gasteiger partial charge in [-0.05, 0) is 6.42 Å². The summed E-state index contributed by atoms with van der Waals surface area (Å²) in [6.07, 6.45) is -8.05. The number of carbonyl (C=O) groups excluding carboxylic acids is 1. The topological polar surface area (TPSA) is 214 Å². The average Bonchev–Trinajstić information content (AvgIpc) is 2.97. The second-order valence-corrected chi connectivity index (χ2v) is 10.5. The van der Waals surface area contributed by atoms with E-state index in [1.54, 1.807) is 6.92 Å². The Morgan fingerprint density at radius 2 is 1.27 bits per heavy atom. The summed E-state index contributed by atoms with van der Waals surface area (Å²) in [7, 11) is 0. The molecule has 11 atom stereocenters. The number of esters is 1. The molecule has 7 N–H and O–H groups in total. The van der Waals surface area contributed by atoms with E-state index in [0.717, 1.165) is 19.3 Å². The fourth-order valence-electron chi connectivity index (χ4n) is 4.55. The summed E-state index contributed by atoms with van der Waals surface area (Å²) < 4.78 is 33.0. The van der Waals surface area contributed by atoms with Gasteiger partial charge in [-0.25, -0.2) is 0 Å². The van der Waals surface area contributed by atoms with Crippen molar-refractivity contribution in [2.24, 2.45) is 0 Å².